The number of rotatable bonds is 35. The summed E-state index contributed by atoms with van der Waals surface area (Å²) in [5.41, 5.74) is 0. The van der Waals surface area contributed by atoms with E-state index in [0.717, 1.165) is 57.8 Å². The van der Waals surface area contributed by atoms with E-state index in [2.05, 4.69) is 44.2 Å². The normalized spacial score (nSPS) is 13.3. The van der Waals surface area contributed by atoms with Crippen LogP contribution in [0, 0.1) is 0 Å². The van der Waals surface area contributed by atoms with Crippen molar-refractivity contribution in [1.82, 2.24) is 0 Å². The zero-order valence-corrected chi connectivity index (χ0v) is 31.1. The number of hydrogen-bond donors (Lipinski definition) is 2. The summed E-state index contributed by atoms with van der Waals surface area (Å²) in [6.45, 7) is 3.97. The summed E-state index contributed by atoms with van der Waals surface area (Å²) in [5, 5.41) is 19.4. The topological polar surface area (TPSA) is 93.1 Å². The van der Waals surface area contributed by atoms with Gasteiger partial charge in [0.05, 0.1) is 12.7 Å². The standard InChI is InChI=1S/C42H74O6/c1-3-5-7-8-9-10-11-12-13-14-15-18-21-24-27-31-35-41(45)47-38-40(37-43)48-42(46)36-32-28-25-22-19-16-17-20-23-26-30-34-39(44)33-29-6-4-2/h16-17,22-23,25-26,30,34,39-40,43-44H,3-15,18-21,24,27-29,31-33,35-38H2,1-2H3/b17-16-,25-22-,26-23-,34-30+/t39-,40-/m0/s1. The minimum Gasteiger partial charge on any atom is -0.462 e. The lowest BCUT2D eigenvalue weighted by Gasteiger charge is -2.15. The van der Waals surface area contributed by atoms with Crippen molar-refractivity contribution >= 4 is 11.9 Å². The lowest BCUT2D eigenvalue weighted by atomic mass is 10.0. The van der Waals surface area contributed by atoms with Gasteiger partial charge in [-0.1, -0.05) is 178 Å². The summed E-state index contributed by atoms with van der Waals surface area (Å²) >= 11 is 0. The van der Waals surface area contributed by atoms with Crippen molar-refractivity contribution in [3.05, 3.63) is 48.6 Å². The van der Waals surface area contributed by atoms with Crippen LogP contribution in [0.25, 0.3) is 0 Å². The van der Waals surface area contributed by atoms with E-state index < -0.39 is 6.10 Å². The zero-order valence-electron chi connectivity index (χ0n) is 31.1. The smallest absolute Gasteiger partial charge is 0.306 e. The first-order valence-electron chi connectivity index (χ1n) is 19.8. The summed E-state index contributed by atoms with van der Waals surface area (Å²) in [6.07, 6.45) is 43.6. The van der Waals surface area contributed by atoms with Crippen LogP contribution in [0.5, 0.6) is 0 Å². The molecule has 0 aromatic rings. The van der Waals surface area contributed by atoms with E-state index in [1.165, 1.54) is 89.9 Å². The third-order valence-electron chi connectivity index (χ3n) is 8.48. The van der Waals surface area contributed by atoms with Crippen LogP contribution < -0.4 is 0 Å². The van der Waals surface area contributed by atoms with Crippen molar-refractivity contribution < 1.29 is 29.3 Å². The largest absolute Gasteiger partial charge is 0.462 e. The van der Waals surface area contributed by atoms with Crippen LogP contribution in [0.4, 0.5) is 0 Å². The second-order valence-electron chi connectivity index (χ2n) is 13.2. The highest BCUT2D eigenvalue weighted by Crippen LogP contribution is 2.14. The Morgan fingerprint density at radius 3 is 1.67 bits per heavy atom. The Bertz CT molecular complexity index is 830. The zero-order chi connectivity index (χ0) is 35.2. The molecule has 0 aromatic heterocycles. The van der Waals surface area contributed by atoms with Crippen molar-refractivity contribution in [3.63, 3.8) is 0 Å². The maximum Gasteiger partial charge on any atom is 0.306 e. The van der Waals surface area contributed by atoms with E-state index in [4.69, 9.17) is 9.47 Å². The summed E-state index contributed by atoms with van der Waals surface area (Å²) in [7, 11) is 0. The van der Waals surface area contributed by atoms with Gasteiger partial charge < -0.3 is 19.7 Å². The van der Waals surface area contributed by atoms with Gasteiger partial charge in [-0.05, 0) is 38.5 Å². The number of aliphatic hydroxyl groups is 2. The van der Waals surface area contributed by atoms with Crippen molar-refractivity contribution in [1.29, 1.82) is 0 Å². The summed E-state index contributed by atoms with van der Waals surface area (Å²) < 4.78 is 10.5. The van der Waals surface area contributed by atoms with Gasteiger partial charge >= 0.3 is 11.9 Å². The fraction of sp³-hybridized carbons (Fsp3) is 0.762. The molecule has 0 aliphatic heterocycles. The molecule has 6 heteroatoms. The van der Waals surface area contributed by atoms with Crippen molar-refractivity contribution in [3.8, 4) is 0 Å². The number of allylic oxidation sites excluding steroid dienone is 7. The first-order chi connectivity index (χ1) is 23.5. The van der Waals surface area contributed by atoms with Gasteiger partial charge in [0, 0.05) is 12.8 Å². The molecule has 0 rings (SSSR count). The molecule has 0 bridgehead atoms. The molecule has 0 aromatic carbocycles. The molecule has 2 atom stereocenters. The molecule has 0 saturated carbocycles. The first kappa shape index (κ1) is 45.8. The van der Waals surface area contributed by atoms with Crippen molar-refractivity contribution in [2.75, 3.05) is 13.2 Å². The molecule has 0 heterocycles. The molecule has 2 N–H and O–H groups in total. The van der Waals surface area contributed by atoms with Crippen molar-refractivity contribution in [2.24, 2.45) is 0 Å². The molecule has 0 aliphatic rings. The van der Waals surface area contributed by atoms with E-state index in [9.17, 15) is 19.8 Å². The first-order valence-corrected chi connectivity index (χ1v) is 19.8. The average molecular weight is 675 g/mol. The van der Waals surface area contributed by atoms with Crippen LogP contribution >= 0.6 is 0 Å². The van der Waals surface area contributed by atoms with Gasteiger partial charge in [-0.25, -0.2) is 0 Å². The number of ether oxygens (including phenoxy) is 2. The Balaban J connectivity index is 3.69. The van der Waals surface area contributed by atoms with Gasteiger partial charge in [0.25, 0.3) is 0 Å². The predicted molar refractivity (Wildman–Crippen MR) is 202 cm³/mol. The van der Waals surface area contributed by atoms with Gasteiger partial charge in [-0.15, -0.1) is 0 Å². The summed E-state index contributed by atoms with van der Waals surface area (Å²) in [6, 6.07) is 0. The summed E-state index contributed by atoms with van der Waals surface area (Å²) in [5.74, 6) is -0.680. The monoisotopic (exact) mass is 675 g/mol. The maximum absolute atomic E-state index is 12.1. The maximum atomic E-state index is 12.1. The Morgan fingerprint density at radius 2 is 1.08 bits per heavy atom. The fourth-order valence-corrected chi connectivity index (χ4v) is 5.42. The lowest BCUT2D eigenvalue weighted by molar-refractivity contribution is -0.161. The molecule has 0 fully saturated rings. The number of esters is 2. The van der Waals surface area contributed by atoms with Crippen LogP contribution in [0.15, 0.2) is 48.6 Å². The van der Waals surface area contributed by atoms with E-state index in [-0.39, 0.29) is 37.7 Å². The number of unbranched alkanes of at least 4 members (excludes halogenated alkanes) is 18. The molecule has 0 radical (unpaired) electrons. The van der Waals surface area contributed by atoms with E-state index >= 15 is 0 Å². The van der Waals surface area contributed by atoms with Crippen LogP contribution in [-0.4, -0.2) is 47.6 Å². The van der Waals surface area contributed by atoms with Crippen LogP contribution in [0.1, 0.15) is 181 Å². The second-order valence-corrected chi connectivity index (χ2v) is 13.2. The Morgan fingerprint density at radius 1 is 0.583 bits per heavy atom. The predicted octanol–water partition coefficient (Wildman–Crippen LogP) is 11.2. The average Bonchev–Trinajstić information content (AvgIpc) is 3.08. The molecule has 278 valence electrons. The molecule has 0 unspecified atom stereocenters. The van der Waals surface area contributed by atoms with Gasteiger partial charge in [-0.3, -0.25) is 9.59 Å². The minimum absolute atomic E-state index is 0.0986. The van der Waals surface area contributed by atoms with Crippen LogP contribution in [0.2, 0.25) is 0 Å². The SMILES string of the molecule is CCCCCCCCCCCCCCCCCCC(=O)OC[C@H](CO)OC(=O)CCC/C=C\C/C=C\C/C=C\C=C\[C@@H](O)CCCCC. The quantitative estimate of drug-likeness (QED) is 0.0301. The van der Waals surface area contributed by atoms with Gasteiger partial charge in [0.15, 0.2) is 6.10 Å². The van der Waals surface area contributed by atoms with Crippen LogP contribution in [-0.2, 0) is 19.1 Å². The second kappa shape index (κ2) is 37.6. The number of hydrogen-bond acceptors (Lipinski definition) is 6. The highest BCUT2D eigenvalue weighted by molar-refractivity contribution is 5.70. The van der Waals surface area contributed by atoms with Gasteiger partial charge in [-0.2, -0.15) is 0 Å². The molecule has 0 saturated heterocycles. The van der Waals surface area contributed by atoms with Crippen LogP contribution in [0.3, 0.4) is 0 Å². The van der Waals surface area contributed by atoms with E-state index in [1.807, 2.05) is 18.2 Å². The molecular weight excluding hydrogens is 600 g/mol. The third-order valence-corrected chi connectivity index (χ3v) is 8.48. The lowest BCUT2D eigenvalue weighted by Crippen LogP contribution is -2.28. The number of aliphatic hydroxyl groups excluding tert-OH is 2. The Labute approximate surface area is 295 Å². The molecule has 48 heavy (non-hydrogen) atoms. The highest BCUT2D eigenvalue weighted by Gasteiger charge is 2.16. The van der Waals surface area contributed by atoms with E-state index in [1.54, 1.807) is 0 Å². The molecule has 0 amide bonds. The Kier molecular flexibility index (Phi) is 35.9. The molecular formula is C42H74O6. The van der Waals surface area contributed by atoms with Gasteiger partial charge in [0.1, 0.15) is 6.61 Å². The Hall–Kier alpha value is -2.18. The van der Waals surface area contributed by atoms with E-state index in [0.29, 0.717) is 12.8 Å². The minimum atomic E-state index is -0.812. The van der Waals surface area contributed by atoms with Crippen molar-refractivity contribution in [2.45, 2.75) is 193 Å². The molecule has 0 aliphatic carbocycles. The molecule has 0 spiro atoms. The van der Waals surface area contributed by atoms with Gasteiger partial charge in [0.2, 0.25) is 0 Å². The highest BCUT2D eigenvalue weighted by atomic mass is 16.6. The number of carbonyl (C=O) groups excluding carboxylic acids is 2. The number of carbonyl (C=O) groups is 2. The fourth-order valence-electron chi connectivity index (χ4n) is 5.42. The third kappa shape index (κ3) is 35.1. The molecule has 6 nitrogen and oxygen atoms in total. The summed E-state index contributed by atoms with van der Waals surface area (Å²) in [4.78, 5) is 24.2.